The number of nitrogens with zero attached hydrogens (tertiary/aromatic N) is 1. The number of aliphatic hydroxyl groups excluding tert-OH is 1. The molecule has 1 aromatic rings. The summed E-state index contributed by atoms with van der Waals surface area (Å²) >= 11 is 0. The van der Waals surface area contributed by atoms with Crippen molar-refractivity contribution in [1.29, 1.82) is 0 Å². The molecule has 2 amide bonds. The number of amides is 2. The lowest BCUT2D eigenvalue weighted by Gasteiger charge is -2.28. The molecular formula is C32H45N3O8. The van der Waals surface area contributed by atoms with Crippen molar-refractivity contribution in [3.63, 3.8) is 0 Å². The molecule has 1 aliphatic carbocycles. The van der Waals surface area contributed by atoms with Crippen molar-refractivity contribution in [3.8, 4) is 5.75 Å². The molecule has 11 heteroatoms. The van der Waals surface area contributed by atoms with Gasteiger partial charge in [0.05, 0.1) is 57.6 Å². The number of epoxide rings is 1. The molecule has 3 aliphatic rings. The summed E-state index contributed by atoms with van der Waals surface area (Å²) in [6, 6.07) is 4.87. The molecule has 2 fully saturated rings. The number of carbonyl (C=O) groups is 4. The molecule has 3 N–H and O–H groups in total. The maximum atomic E-state index is 13.9. The lowest BCUT2D eigenvalue weighted by atomic mass is 9.86. The Hall–Kier alpha value is -3.12. The number of ether oxygens (including phenoxy) is 3. The predicted octanol–water partition coefficient (Wildman–Crippen LogP) is 1.87. The molecule has 11 nitrogen and oxygen atoms in total. The number of rotatable bonds is 15. The maximum Gasteiger partial charge on any atom is 0.234 e. The zero-order valence-electron chi connectivity index (χ0n) is 25.4. The van der Waals surface area contributed by atoms with Crippen molar-refractivity contribution in [2.75, 3.05) is 46.6 Å². The van der Waals surface area contributed by atoms with E-state index in [9.17, 15) is 24.3 Å². The topological polar surface area (TPSA) is 147 Å². The second-order valence-corrected chi connectivity index (χ2v) is 11.9. The van der Waals surface area contributed by atoms with Crippen molar-refractivity contribution in [3.05, 3.63) is 41.5 Å². The Labute approximate surface area is 253 Å². The van der Waals surface area contributed by atoms with E-state index in [2.05, 4.69) is 16.7 Å². The van der Waals surface area contributed by atoms with Crippen LogP contribution in [0.3, 0.4) is 0 Å². The van der Waals surface area contributed by atoms with Crippen LogP contribution >= 0.6 is 0 Å². The molecule has 236 valence electrons. The van der Waals surface area contributed by atoms with Crippen molar-refractivity contribution in [2.24, 2.45) is 5.92 Å². The Morgan fingerprint density at radius 1 is 1.09 bits per heavy atom. The summed E-state index contributed by atoms with van der Waals surface area (Å²) < 4.78 is 15.9. The molecule has 2 saturated heterocycles. The van der Waals surface area contributed by atoms with Crippen LogP contribution in [-0.2, 0) is 28.7 Å². The molecular weight excluding hydrogens is 554 g/mol. The Balaban J connectivity index is 1.49. The third-order valence-electron chi connectivity index (χ3n) is 8.51. The van der Waals surface area contributed by atoms with Crippen LogP contribution in [-0.4, -0.2) is 97.6 Å². The van der Waals surface area contributed by atoms with Crippen LogP contribution in [0.2, 0.25) is 0 Å². The minimum absolute atomic E-state index is 0.139. The third kappa shape index (κ3) is 9.18. The fourth-order valence-corrected chi connectivity index (χ4v) is 5.56. The smallest absolute Gasteiger partial charge is 0.234 e. The number of hydrogen-bond donors (Lipinski definition) is 3. The molecule has 0 bridgehead atoms. The lowest BCUT2D eigenvalue weighted by molar-refractivity contribution is -0.137. The number of methoxy groups -OCH3 is 1. The number of nitrogens with one attached hydrogen (secondary N) is 2. The molecule has 0 saturated carbocycles. The van der Waals surface area contributed by atoms with E-state index < -0.39 is 41.4 Å². The van der Waals surface area contributed by atoms with Crippen LogP contribution in [0.5, 0.6) is 5.75 Å². The number of benzene rings is 1. The van der Waals surface area contributed by atoms with Gasteiger partial charge < -0.3 is 30.0 Å². The Morgan fingerprint density at radius 3 is 2.40 bits per heavy atom. The Morgan fingerprint density at radius 2 is 1.79 bits per heavy atom. The molecule has 0 radical (unpaired) electrons. The van der Waals surface area contributed by atoms with Gasteiger partial charge in [-0.2, -0.15) is 0 Å². The van der Waals surface area contributed by atoms with Gasteiger partial charge in [0.15, 0.2) is 11.6 Å². The van der Waals surface area contributed by atoms with Gasteiger partial charge in [0.25, 0.3) is 0 Å². The molecule has 2 aliphatic heterocycles. The minimum Gasteiger partial charge on any atom is -0.497 e. The summed E-state index contributed by atoms with van der Waals surface area (Å²) in [6.07, 6.45) is 4.71. The minimum atomic E-state index is -1.34. The van der Waals surface area contributed by atoms with Gasteiger partial charge in [-0.25, -0.2) is 0 Å². The van der Waals surface area contributed by atoms with Crippen LogP contribution in [0.1, 0.15) is 64.0 Å². The second kappa shape index (κ2) is 15.1. The first-order valence-electron chi connectivity index (χ1n) is 15.2. The summed E-state index contributed by atoms with van der Waals surface area (Å²) in [6.45, 7) is 6.07. The summed E-state index contributed by atoms with van der Waals surface area (Å²) in [5.41, 5.74) is 0.578. The highest BCUT2D eigenvalue weighted by Gasteiger charge is 2.50. The number of ketones is 2. The summed E-state index contributed by atoms with van der Waals surface area (Å²) in [4.78, 5) is 55.2. The van der Waals surface area contributed by atoms with Gasteiger partial charge in [-0.05, 0) is 63.6 Å². The summed E-state index contributed by atoms with van der Waals surface area (Å²) in [7, 11) is 1.53. The number of carbonyl (C=O) groups excluding carboxylic acids is 4. The fourth-order valence-electron chi connectivity index (χ4n) is 5.56. The second-order valence-electron chi connectivity index (χ2n) is 11.9. The zero-order chi connectivity index (χ0) is 31.0. The van der Waals surface area contributed by atoms with Crippen molar-refractivity contribution in [1.82, 2.24) is 15.5 Å². The highest BCUT2D eigenvalue weighted by Crippen LogP contribution is 2.32. The first-order valence-corrected chi connectivity index (χ1v) is 15.2. The lowest BCUT2D eigenvalue weighted by Crippen LogP contribution is -2.50. The van der Waals surface area contributed by atoms with E-state index in [4.69, 9.17) is 14.2 Å². The standard InChI is InChI=1S/C32H45N3O8/c1-21(33-28(37)19-35-13-15-42-16-14-35)27(36)18-25(29(38)23-9-11-24(41-3)12-10-23)31(40)34-26(30(39)32(2)20-43-32)17-22-7-5-4-6-8-22/h7,9-12,21,25-26,29,38H,4-6,8,13-20H2,1-3H3,(H,33,37)(H,34,40). The quantitative estimate of drug-likeness (QED) is 0.203. The van der Waals surface area contributed by atoms with Gasteiger partial charge in [0.1, 0.15) is 11.4 Å². The Bertz CT molecular complexity index is 1170. The average Bonchev–Trinajstić information content (AvgIpc) is 3.77. The van der Waals surface area contributed by atoms with E-state index in [0.717, 1.165) is 31.3 Å². The van der Waals surface area contributed by atoms with E-state index in [0.29, 0.717) is 44.0 Å². The van der Waals surface area contributed by atoms with Crippen molar-refractivity contribution >= 4 is 23.4 Å². The summed E-state index contributed by atoms with van der Waals surface area (Å²) in [5, 5.41) is 17.0. The van der Waals surface area contributed by atoms with E-state index in [-0.39, 0.29) is 31.3 Å². The Kier molecular flexibility index (Phi) is 11.5. The normalized spacial score (nSPS) is 23.2. The van der Waals surface area contributed by atoms with Gasteiger partial charge >= 0.3 is 0 Å². The molecule has 1 aromatic carbocycles. The number of aliphatic hydroxyl groups is 1. The highest BCUT2D eigenvalue weighted by atomic mass is 16.6. The summed E-state index contributed by atoms with van der Waals surface area (Å²) in [5.74, 6) is -2.17. The average molecular weight is 600 g/mol. The largest absolute Gasteiger partial charge is 0.497 e. The van der Waals surface area contributed by atoms with E-state index in [1.165, 1.54) is 7.11 Å². The molecule has 2 heterocycles. The molecule has 0 spiro atoms. The van der Waals surface area contributed by atoms with Gasteiger partial charge in [0.2, 0.25) is 11.8 Å². The molecule has 5 unspecified atom stereocenters. The van der Waals surface area contributed by atoms with E-state index >= 15 is 0 Å². The van der Waals surface area contributed by atoms with Gasteiger partial charge in [0, 0.05) is 19.5 Å². The van der Waals surface area contributed by atoms with E-state index in [1.54, 1.807) is 38.1 Å². The van der Waals surface area contributed by atoms with Crippen LogP contribution in [0.15, 0.2) is 35.9 Å². The predicted molar refractivity (Wildman–Crippen MR) is 158 cm³/mol. The number of morpholine rings is 1. The molecule has 4 rings (SSSR count). The number of allylic oxidation sites excluding steroid dienone is 1. The first-order chi connectivity index (χ1) is 20.6. The monoisotopic (exact) mass is 599 g/mol. The maximum absolute atomic E-state index is 13.9. The highest BCUT2D eigenvalue weighted by molar-refractivity contribution is 5.98. The molecule has 0 aromatic heterocycles. The van der Waals surface area contributed by atoms with Gasteiger partial charge in [-0.3, -0.25) is 24.1 Å². The van der Waals surface area contributed by atoms with Gasteiger partial charge in [-0.1, -0.05) is 23.8 Å². The molecule has 43 heavy (non-hydrogen) atoms. The van der Waals surface area contributed by atoms with Crippen LogP contribution < -0.4 is 15.4 Å². The van der Waals surface area contributed by atoms with E-state index in [1.807, 2.05) is 4.90 Å². The SMILES string of the molecule is COc1ccc(C(O)C(CC(=O)C(C)NC(=O)CN2CCOCC2)C(=O)NC(CC2=CCCCC2)C(=O)C2(C)CO2)cc1. The zero-order valence-corrected chi connectivity index (χ0v) is 25.4. The van der Waals surface area contributed by atoms with Crippen LogP contribution in [0, 0.1) is 5.92 Å². The van der Waals surface area contributed by atoms with Gasteiger partial charge in [-0.15, -0.1) is 0 Å². The fraction of sp³-hybridized carbons (Fsp3) is 0.625. The number of hydrogen-bond acceptors (Lipinski definition) is 9. The first kappa shape index (κ1) is 32.8. The third-order valence-corrected chi connectivity index (χ3v) is 8.51. The number of Topliss-reactive ketones (excluding diaryl/α,β-unsaturated/α-hetero) is 2. The van der Waals surface area contributed by atoms with Crippen LogP contribution in [0.25, 0.3) is 0 Å². The van der Waals surface area contributed by atoms with Crippen molar-refractivity contribution in [2.45, 2.75) is 76.2 Å². The molecule has 5 atom stereocenters. The van der Waals surface area contributed by atoms with Crippen LogP contribution in [0.4, 0.5) is 0 Å². The van der Waals surface area contributed by atoms with Crippen molar-refractivity contribution < 1.29 is 38.5 Å².